The summed E-state index contributed by atoms with van der Waals surface area (Å²) in [5.74, 6) is 0. The van der Waals surface area contributed by atoms with Crippen LogP contribution in [-0.2, 0) is 26.9 Å². The third-order valence-electron chi connectivity index (χ3n) is 0.425. The van der Waals surface area contributed by atoms with Crippen LogP contribution in [-0.4, -0.2) is 76.9 Å². The van der Waals surface area contributed by atoms with Crippen LogP contribution >= 0.6 is 31.3 Å². The minimum Gasteiger partial charge on any atom is -0.302 e. The van der Waals surface area contributed by atoms with Gasteiger partial charge in [0, 0.05) is 37.7 Å². The minimum atomic E-state index is -5.05. The van der Waals surface area contributed by atoms with Gasteiger partial charge in [0.05, 0.1) is 0 Å². The quantitative estimate of drug-likeness (QED) is 0.189. The van der Waals surface area contributed by atoms with Gasteiger partial charge in [0.15, 0.2) is 0 Å². The third kappa shape index (κ3) is 32.9. The van der Waals surface area contributed by atoms with Crippen molar-refractivity contribution in [3.8, 4) is 0 Å². The van der Waals surface area contributed by atoms with E-state index in [0.717, 1.165) is 0 Å². The molecule has 114 valence electrons. The predicted octanol–water partition coefficient (Wildman–Crippen LogP) is -2.00. The molecular formula is H8CaO14P4. The summed E-state index contributed by atoms with van der Waals surface area (Å²) < 4.78 is 44.4. The van der Waals surface area contributed by atoms with Crippen molar-refractivity contribution >= 4 is 69.0 Å². The first-order valence-corrected chi connectivity index (χ1v) is 9.18. The van der Waals surface area contributed by atoms with Gasteiger partial charge in [-0.1, -0.05) is 0 Å². The first-order valence-electron chi connectivity index (χ1n) is 3.06. The average Bonchev–Trinajstić information content (AvgIpc) is 1.64. The number of rotatable bonds is 4. The zero-order chi connectivity index (χ0) is 15.4. The molecule has 0 heterocycles. The summed E-state index contributed by atoms with van der Waals surface area (Å²) in [5.41, 5.74) is 0. The fourth-order valence-corrected chi connectivity index (χ4v) is 2.49. The van der Waals surface area contributed by atoms with Crippen LogP contribution in [0.4, 0.5) is 0 Å². The van der Waals surface area contributed by atoms with Crippen molar-refractivity contribution in [2.24, 2.45) is 0 Å². The maximum Gasteiger partial charge on any atom is 0.478 e. The molecule has 0 aliphatic heterocycles. The van der Waals surface area contributed by atoms with Gasteiger partial charge in [-0.3, -0.25) is 0 Å². The van der Waals surface area contributed by atoms with Gasteiger partial charge in [-0.2, -0.15) is 8.62 Å². The molecule has 0 aliphatic carbocycles. The van der Waals surface area contributed by atoms with E-state index in [1.165, 1.54) is 0 Å². The van der Waals surface area contributed by atoms with E-state index in [-0.39, 0.29) is 37.7 Å². The summed E-state index contributed by atoms with van der Waals surface area (Å²) in [6, 6.07) is 0. The Bertz CT molecular complexity index is 342. The van der Waals surface area contributed by atoms with Crippen LogP contribution < -0.4 is 0 Å². The van der Waals surface area contributed by atoms with Gasteiger partial charge < -0.3 is 39.1 Å². The van der Waals surface area contributed by atoms with E-state index in [1.807, 2.05) is 0 Å². The molecule has 0 spiro atoms. The van der Waals surface area contributed by atoms with E-state index in [1.54, 1.807) is 0 Å². The van der Waals surface area contributed by atoms with Crippen LogP contribution in [0.2, 0.25) is 0 Å². The standard InChI is InChI=1S/Ca.2H4O7P2/c;2*1-8(2,3)7-9(4,5)6/h;2*(H2,1,2,3)(H2,4,5,6). The Morgan fingerprint density at radius 1 is 0.474 bits per heavy atom. The second kappa shape index (κ2) is 9.04. The van der Waals surface area contributed by atoms with Crippen LogP contribution in [0.3, 0.4) is 0 Å². The minimum absolute atomic E-state index is 0. The normalized spacial score (nSPS) is 13.1. The Hall–Kier alpha value is 1.78. The Morgan fingerprint density at radius 2 is 0.579 bits per heavy atom. The van der Waals surface area contributed by atoms with E-state index >= 15 is 0 Å². The smallest absolute Gasteiger partial charge is 0.302 e. The first kappa shape index (κ1) is 25.7. The van der Waals surface area contributed by atoms with Gasteiger partial charge in [0.25, 0.3) is 0 Å². The molecule has 0 aromatic rings. The Kier molecular flexibility index (Phi) is 12.2. The Morgan fingerprint density at radius 3 is 0.579 bits per heavy atom. The third-order valence-corrected chi connectivity index (χ3v) is 3.83. The fraction of sp³-hybridized carbons (Fsp3) is 0. The molecule has 0 aliphatic rings. The molecule has 0 fully saturated rings. The summed E-state index contributed by atoms with van der Waals surface area (Å²) in [5, 5.41) is 0. The first-order chi connectivity index (χ1) is 7.41. The van der Waals surface area contributed by atoms with Gasteiger partial charge in [0.2, 0.25) is 0 Å². The van der Waals surface area contributed by atoms with Crippen molar-refractivity contribution in [1.29, 1.82) is 0 Å². The molecule has 0 saturated heterocycles. The summed E-state index contributed by atoms with van der Waals surface area (Å²) in [6.45, 7) is 0. The van der Waals surface area contributed by atoms with Crippen LogP contribution in [0.15, 0.2) is 0 Å². The number of hydrogen-bond donors (Lipinski definition) is 8. The van der Waals surface area contributed by atoms with E-state index in [9.17, 15) is 18.3 Å². The summed E-state index contributed by atoms with van der Waals surface area (Å²) in [7, 11) is -20.2. The van der Waals surface area contributed by atoms with Crippen molar-refractivity contribution in [2.75, 3.05) is 0 Å². The molecule has 0 saturated carbocycles. The predicted molar refractivity (Wildman–Crippen MR) is 56.1 cm³/mol. The molecule has 2 radical (unpaired) electrons. The van der Waals surface area contributed by atoms with E-state index in [0.29, 0.717) is 0 Å². The molecule has 0 rings (SSSR count). The Balaban J connectivity index is -0.000000256. The second-order valence-corrected chi connectivity index (χ2v) is 7.36. The van der Waals surface area contributed by atoms with Crippen molar-refractivity contribution in [3.05, 3.63) is 0 Å². The van der Waals surface area contributed by atoms with Crippen LogP contribution in [0, 0.1) is 0 Å². The molecule has 8 N–H and O–H groups in total. The topological polar surface area (TPSA) is 249 Å². The van der Waals surface area contributed by atoms with Gasteiger partial charge in [0.1, 0.15) is 0 Å². The molecule has 19 heavy (non-hydrogen) atoms. The monoisotopic (exact) mass is 396 g/mol. The van der Waals surface area contributed by atoms with E-state index in [4.69, 9.17) is 39.1 Å². The fourth-order valence-electron chi connectivity index (χ4n) is 0.277. The molecule has 0 amide bonds. The van der Waals surface area contributed by atoms with Crippen LogP contribution in [0.5, 0.6) is 0 Å². The molecule has 0 aromatic heterocycles. The maximum atomic E-state index is 9.63. The summed E-state index contributed by atoms with van der Waals surface area (Å²) >= 11 is 0. The average molecular weight is 396 g/mol. The molecular weight excluding hydrogens is 388 g/mol. The second-order valence-electron chi connectivity index (χ2n) is 2.13. The molecule has 19 heteroatoms. The van der Waals surface area contributed by atoms with E-state index in [2.05, 4.69) is 8.62 Å². The molecule has 0 bridgehead atoms. The summed E-state index contributed by atoms with van der Waals surface area (Å²) in [4.78, 5) is 62.0. The zero-order valence-electron chi connectivity index (χ0n) is 8.52. The van der Waals surface area contributed by atoms with Crippen LogP contribution in [0.25, 0.3) is 0 Å². The Labute approximate surface area is 134 Å². The summed E-state index contributed by atoms with van der Waals surface area (Å²) in [6.07, 6.45) is 0. The van der Waals surface area contributed by atoms with Crippen molar-refractivity contribution in [1.82, 2.24) is 0 Å². The molecule has 14 nitrogen and oxygen atoms in total. The van der Waals surface area contributed by atoms with Crippen molar-refractivity contribution < 1.29 is 66.0 Å². The number of phosphoric acid groups is 4. The maximum absolute atomic E-state index is 9.63. The molecule has 0 unspecified atom stereocenters. The van der Waals surface area contributed by atoms with Gasteiger partial charge in [-0.05, 0) is 0 Å². The largest absolute Gasteiger partial charge is 0.478 e. The van der Waals surface area contributed by atoms with Crippen LogP contribution in [0.1, 0.15) is 0 Å². The SMILES string of the molecule is O=P(O)(O)OP(=O)(O)O.O=P(O)(O)OP(=O)(O)O.[Ca]. The molecule has 0 aromatic carbocycles. The van der Waals surface area contributed by atoms with Gasteiger partial charge >= 0.3 is 31.3 Å². The van der Waals surface area contributed by atoms with Crippen molar-refractivity contribution in [3.63, 3.8) is 0 Å². The van der Waals surface area contributed by atoms with Crippen molar-refractivity contribution in [2.45, 2.75) is 0 Å². The number of hydrogen-bond acceptors (Lipinski definition) is 6. The van der Waals surface area contributed by atoms with E-state index < -0.39 is 31.3 Å². The zero-order valence-corrected chi connectivity index (χ0v) is 14.3. The van der Waals surface area contributed by atoms with Gasteiger partial charge in [-0.25, -0.2) is 18.3 Å². The van der Waals surface area contributed by atoms with Gasteiger partial charge in [-0.15, -0.1) is 0 Å². The molecule has 0 atom stereocenters.